The fourth-order valence-electron chi connectivity index (χ4n) is 2.75. The van der Waals surface area contributed by atoms with Crippen molar-refractivity contribution >= 4 is 0 Å². The molecule has 0 rings (SSSR count). The van der Waals surface area contributed by atoms with Gasteiger partial charge in [-0.05, 0) is 33.1 Å². The summed E-state index contributed by atoms with van der Waals surface area (Å²) < 4.78 is 0. The lowest BCUT2D eigenvalue weighted by molar-refractivity contribution is 0.533. The van der Waals surface area contributed by atoms with Gasteiger partial charge in [0.15, 0.2) is 0 Å². The summed E-state index contributed by atoms with van der Waals surface area (Å²) >= 11 is 0. The molecule has 0 atom stereocenters. The first kappa shape index (κ1) is 25.2. The second-order valence-corrected chi connectivity index (χ2v) is 6.66. The topological polar surface area (TPSA) is 24.1 Å². The molecule has 0 heterocycles. The monoisotopic (exact) mass is 328 g/mol. The van der Waals surface area contributed by atoms with Crippen molar-refractivity contribution in [2.24, 2.45) is 0 Å². The smallest absolute Gasteiger partial charge is 0.00519 e. The van der Waals surface area contributed by atoms with Gasteiger partial charge in [-0.15, -0.1) is 0 Å². The van der Waals surface area contributed by atoms with Crippen molar-refractivity contribution in [2.75, 3.05) is 26.7 Å². The van der Waals surface area contributed by atoms with Gasteiger partial charge in [0.05, 0.1) is 0 Å². The van der Waals surface area contributed by atoms with Gasteiger partial charge in [0.1, 0.15) is 0 Å². The first-order chi connectivity index (χ1) is 11.3. The van der Waals surface area contributed by atoms with Gasteiger partial charge >= 0.3 is 0 Å². The Morgan fingerprint density at radius 2 is 0.826 bits per heavy atom. The zero-order chi connectivity index (χ0) is 17.4. The SMILES string of the molecule is CCCCCCCCCCCCCCCCNC.CCNCC. The van der Waals surface area contributed by atoms with Crippen LogP contribution < -0.4 is 10.6 Å². The van der Waals surface area contributed by atoms with Crippen molar-refractivity contribution in [1.29, 1.82) is 0 Å². The molecule has 0 saturated heterocycles. The summed E-state index contributed by atoms with van der Waals surface area (Å²) in [7, 11) is 2.04. The van der Waals surface area contributed by atoms with E-state index in [1.54, 1.807) is 0 Å². The Balaban J connectivity index is 0. The highest BCUT2D eigenvalue weighted by Gasteiger charge is 1.93. The fraction of sp³-hybridized carbons (Fsp3) is 1.00. The van der Waals surface area contributed by atoms with Gasteiger partial charge in [-0.25, -0.2) is 0 Å². The molecule has 0 amide bonds. The lowest BCUT2D eigenvalue weighted by atomic mass is 10.0. The van der Waals surface area contributed by atoms with E-state index in [0.29, 0.717) is 0 Å². The van der Waals surface area contributed by atoms with Crippen molar-refractivity contribution in [3.8, 4) is 0 Å². The van der Waals surface area contributed by atoms with Crippen molar-refractivity contribution in [2.45, 2.75) is 111 Å². The maximum Gasteiger partial charge on any atom is -0.00519 e. The lowest BCUT2D eigenvalue weighted by Crippen LogP contribution is -2.09. The highest BCUT2D eigenvalue weighted by Crippen LogP contribution is 2.12. The average molecular weight is 329 g/mol. The summed E-state index contributed by atoms with van der Waals surface area (Å²) in [5.74, 6) is 0. The van der Waals surface area contributed by atoms with Crippen LogP contribution in [0.2, 0.25) is 0 Å². The molecule has 0 aliphatic heterocycles. The highest BCUT2D eigenvalue weighted by atomic mass is 14.8. The van der Waals surface area contributed by atoms with Crippen LogP contribution in [0.5, 0.6) is 0 Å². The maximum atomic E-state index is 3.21. The molecule has 0 unspecified atom stereocenters. The third-order valence-electron chi connectivity index (χ3n) is 4.28. The van der Waals surface area contributed by atoms with Crippen LogP contribution in [0.1, 0.15) is 111 Å². The Bertz CT molecular complexity index is 153. The van der Waals surface area contributed by atoms with Crippen LogP contribution >= 0.6 is 0 Å². The van der Waals surface area contributed by atoms with Crippen LogP contribution in [-0.2, 0) is 0 Å². The molecule has 0 fully saturated rings. The largest absolute Gasteiger partial charge is 0.320 e. The number of hydrogen-bond acceptors (Lipinski definition) is 2. The van der Waals surface area contributed by atoms with E-state index in [2.05, 4.69) is 31.4 Å². The minimum absolute atomic E-state index is 1.09. The maximum absolute atomic E-state index is 3.21. The molecule has 0 spiro atoms. The minimum Gasteiger partial charge on any atom is -0.320 e. The quantitative estimate of drug-likeness (QED) is 0.306. The number of hydrogen-bond donors (Lipinski definition) is 2. The highest BCUT2D eigenvalue weighted by molar-refractivity contribution is 4.49. The molecule has 2 heteroatoms. The van der Waals surface area contributed by atoms with Gasteiger partial charge in [0.25, 0.3) is 0 Å². The summed E-state index contributed by atoms with van der Waals surface area (Å²) in [5.41, 5.74) is 0. The van der Waals surface area contributed by atoms with Gasteiger partial charge in [0, 0.05) is 0 Å². The molecule has 0 aliphatic carbocycles. The Morgan fingerprint density at radius 1 is 0.478 bits per heavy atom. The zero-order valence-corrected chi connectivity index (χ0v) is 17.0. The predicted octanol–water partition coefficient (Wildman–Crippen LogP) is 6.30. The Labute approximate surface area is 148 Å². The molecule has 0 saturated carbocycles. The standard InChI is InChI=1S/C17H37N.C4H11N/c1-3-4-5-6-7-8-9-10-11-12-13-14-15-16-17-18-2;1-3-5-4-2/h18H,3-17H2,1-2H3;5H,3-4H2,1-2H3. The molecule has 23 heavy (non-hydrogen) atoms. The van der Waals surface area contributed by atoms with Crippen molar-refractivity contribution in [3.63, 3.8) is 0 Å². The normalized spacial score (nSPS) is 10.4. The van der Waals surface area contributed by atoms with Gasteiger partial charge in [-0.2, -0.15) is 0 Å². The molecule has 0 aromatic carbocycles. The van der Waals surface area contributed by atoms with E-state index >= 15 is 0 Å². The van der Waals surface area contributed by atoms with Crippen molar-refractivity contribution in [1.82, 2.24) is 10.6 Å². The first-order valence-electron chi connectivity index (χ1n) is 10.7. The second kappa shape index (κ2) is 26.8. The van der Waals surface area contributed by atoms with Gasteiger partial charge < -0.3 is 10.6 Å². The van der Waals surface area contributed by atoms with Crippen LogP contribution in [0.4, 0.5) is 0 Å². The van der Waals surface area contributed by atoms with Gasteiger partial charge in [-0.3, -0.25) is 0 Å². The predicted molar refractivity (Wildman–Crippen MR) is 108 cm³/mol. The summed E-state index contributed by atoms with van der Waals surface area (Å²) in [6.07, 6.45) is 20.3. The van der Waals surface area contributed by atoms with Crippen molar-refractivity contribution < 1.29 is 0 Å². The Morgan fingerprint density at radius 3 is 1.09 bits per heavy atom. The summed E-state index contributed by atoms with van der Waals surface area (Å²) in [5, 5.41) is 6.32. The number of nitrogens with one attached hydrogen (secondary N) is 2. The third kappa shape index (κ3) is 30.4. The minimum atomic E-state index is 1.09. The Hall–Kier alpha value is -0.0800. The van der Waals surface area contributed by atoms with Gasteiger partial charge in [0.2, 0.25) is 0 Å². The van der Waals surface area contributed by atoms with E-state index in [4.69, 9.17) is 0 Å². The summed E-state index contributed by atoms with van der Waals surface area (Å²) in [6, 6.07) is 0. The molecule has 0 aliphatic rings. The van der Waals surface area contributed by atoms with Crippen LogP contribution in [-0.4, -0.2) is 26.7 Å². The molecule has 2 nitrogen and oxygen atoms in total. The van der Waals surface area contributed by atoms with E-state index in [0.717, 1.165) is 13.1 Å². The van der Waals surface area contributed by atoms with Crippen LogP contribution in [0, 0.1) is 0 Å². The molecular formula is C21H48N2. The summed E-state index contributed by atoms with van der Waals surface area (Å²) in [4.78, 5) is 0. The molecule has 0 aromatic heterocycles. The number of rotatable bonds is 17. The van der Waals surface area contributed by atoms with E-state index in [9.17, 15) is 0 Å². The average Bonchev–Trinajstić information content (AvgIpc) is 2.56. The second-order valence-electron chi connectivity index (χ2n) is 6.66. The van der Waals surface area contributed by atoms with E-state index < -0.39 is 0 Å². The van der Waals surface area contributed by atoms with E-state index in [1.165, 1.54) is 96.4 Å². The Kier molecular flexibility index (Phi) is 29.3. The first-order valence-corrected chi connectivity index (χ1v) is 10.7. The fourth-order valence-corrected chi connectivity index (χ4v) is 2.75. The lowest BCUT2D eigenvalue weighted by Gasteiger charge is -2.03. The van der Waals surface area contributed by atoms with Crippen molar-refractivity contribution in [3.05, 3.63) is 0 Å². The van der Waals surface area contributed by atoms with Crippen LogP contribution in [0.3, 0.4) is 0 Å². The zero-order valence-electron chi connectivity index (χ0n) is 17.0. The molecule has 0 aromatic rings. The van der Waals surface area contributed by atoms with Gasteiger partial charge in [-0.1, -0.05) is 104 Å². The van der Waals surface area contributed by atoms with E-state index in [1.807, 2.05) is 7.05 Å². The molecule has 0 radical (unpaired) electrons. The molecule has 142 valence electrons. The molecular weight excluding hydrogens is 280 g/mol. The number of unbranched alkanes of at least 4 members (excludes halogenated alkanes) is 13. The third-order valence-corrected chi connectivity index (χ3v) is 4.28. The van der Waals surface area contributed by atoms with Crippen LogP contribution in [0.15, 0.2) is 0 Å². The summed E-state index contributed by atoms with van der Waals surface area (Å²) in [6.45, 7) is 9.87. The van der Waals surface area contributed by atoms with Crippen LogP contribution in [0.25, 0.3) is 0 Å². The van der Waals surface area contributed by atoms with E-state index in [-0.39, 0.29) is 0 Å². The molecule has 2 N–H and O–H groups in total. The molecule has 0 bridgehead atoms.